The summed E-state index contributed by atoms with van der Waals surface area (Å²) in [6.07, 6.45) is 7.45. The number of para-hydroxylation sites is 1. The van der Waals surface area contributed by atoms with Gasteiger partial charge in [-0.25, -0.2) is 0 Å². The highest BCUT2D eigenvalue weighted by Crippen LogP contribution is 2.09. The van der Waals surface area contributed by atoms with Crippen LogP contribution in [0.3, 0.4) is 0 Å². The van der Waals surface area contributed by atoms with Gasteiger partial charge in [-0.3, -0.25) is 0 Å². The Morgan fingerprint density at radius 3 is 2.42 bits per heavy atom. The molecule has 1 aliphatic rings. The van der Waals surface area contributed by atoms with Gasteiger partial charge in [-0.1, -0.05) is 30.4 Å². The Morgan fingerprint density at radius 2 is 1.75 bits per heavy atom. The number of aromatic nitrogens is 1. The first-order valence-electron chi connectivity index (χ1n) is 4.14. The van der Waals surface area contributed by atoms with Crippen LogP contribution in [-0.2, 0) is 0 Å². The predicted molar refractivity (Wildman–Crippen MR) is 52.1 cm³/mol. The zero-order valence-electron chi connectivity index (χ0n) is 6.83. The molecule has 0 saturated heterocycles. The summed E-state index contributed by atoms with van der Waals surface area (Å²) < 4.78 is 0. The number of H-pyrrole nitrogens is 1. The molecule has 1 aromatic heterocycles. The first kappa shape index (κ1) is 7.17. The molecule has 0 radical (unpaired) electrons. The minimum Gasteiger partial charge on any atom is -0.361 e. The zero-order valence-corrected chi connectivity index (χ0v) is 6.83. The van der Waals surface area contributed by atoms with Crippen LogP contribution in [0.15, 0.2) is 48.7 Å². The fraction of sp³-hybridized carbons (Fsp3) is 0.0909. The molecule has 1 aliphatic carbocycles. The molecular weight excluding hydrogens is 146 g/mol. The Morgan fingerprint density at radius 1 is 1.00 bits per heavy atom. The lowest BCUT2D eigenvalue weighted by Crippen LogP contribution is -1.61. The second-order valence-corrected chi connectivity index (χ2v) is 2.77. The smallest absolute Gasteiger partial charge is 0.0453 e. The SMILES string of the molecule is C1=CC1.c1ccc2[nH]ccc2c1. The molecule has 12 heavy (non-hydrogen) atoms. The summed E-state index contributed by atoms with van der Waals surface area (Å²) >= 11 is 0. The van der Waals surface area contributed by atoms with E-state index in [-0.39, 0.29) is 0 Å². The van der Waals surface area contributed by atoms with Crippen molar-refractivity contribution in [2.24, 2.45) is 0 Å². The maximum absolute atomic E-state index is 3.12. The van der Waals surface area contributed by atoms with Crippen LogP contribution in [0.5, 0.6) is 0 Å². The van der Waals surface area contributed by atoms with Crippen LogP contribution in [0.2, 0.25) is 0 Å². The number of fused-ring (bicyclic) bond motifs is 1. The third-order valence-electron chi connectivity index (χ3n) is 1.70. The first-order valence-corrected chi connectivity index (χ1v) is 4.14. The summed E-state index contributed by atoms with van der Waals surface area (Å²) in [4.78, 5) is 3.12. The Kier molecular flexibility index (Phi) is 1.95. The van der Waals surface area contributed by atoms with Crippen LogP contribution < -0.4 is 0 Å². The van der Waals surface area contributed by atoms with E-state index in [0.29, 0.717) is 0 Å². The van der Waals surface area contributed by atoms with Gasteiger partial charge in [0.2, 0.25) is 0 Å². The third kappa shape index (κ3) is 1.76. The molecule has 1 heteroatoms. The lowest BCUT2D eigenvalue weighted by molar-refractivity contribution is 1.48. The van der Waals surface area contributed by atoms with Crippen molar-refractivity contribution in [3.63, 3.8) is 0 Å². The van der Waals surface area contributed by atoms with E-state index < -0.39 is 0 Å². The summed E-state index contributed by atoms with van der Waals surface area (Å²) in [5.74, 6) is 0. The van der Waals surface area contributed by atoms with Crippen LogP contribution in [0.25, 0.3) is 10.9 Å². The summed E-state index contributed by atoms with van der Waals surface area (Å²) in [5, 5.41) is 1.28. The predicted octanol–water partition coefficient (Wildman–Crippen LogP) is 3.11. The Labute approximate surface area is 71.7 Å². The van der Waals surface area contributed by atoms with Gasteiger partial charge < -0.3 is 4.98 Å². The van der Waals surface area contributed by atoms with Gasteiger partial charge in [0.1, 0.15) is 0 Å². The molecule has 1 aromatic carbocycles. The van der Waals surface area contributed by atoms with Gasteiger partial charge in [-0.05, 0) is 23.9 Å². The molecule has 60 valence electrons. The van der Waals surface area contributed by atoms with E-state index in [9.17, 15) is 0 Å². The minimum atomic E-state index is 1.21. The fourth-order valence-electron chi connectivity index (χ4n) is 0.995. The van der Waals surface area contributed by atoms with Crippen LogP contribution in [0, 0.1) is 0 Å². The highest BCUT2D eigenvalue weighted by atomic mass is 14.6. The number of hydrogen-bond donors (Lipinski definition) is 1. The summed E-state index contributed by atoms with van der Waals surface area (Å²) in [7, 11) is 0. The average molecular weight is 157 g/mol. The normalized spacial score (nSPS) is 12.3. The van der Waals surface area contributed by atoms with Crippen molar-refractivity contribution in [1.82, 2.24) is 4.98 Å². The van der Waals surface area contributed by atoms with Gasteiger partial charge >= 0.3 is 0 Å². The molecule has 0 saturated carbocycles. The lowest BCUT2D eigenvalue weighted by atomic mass is 10.3. The number of aromatic amines is 1. The molecule has 1 heterocycles. The number of benzene rings is 1. The van der Waals surface area contributed by atoms with Crippen LogP contribution in [0.4, 0.5) is 0 Å². The van der Waals surface area contributed by atoms with Gasteiger partial charge in [0.15, 0.2) is 0 Å². The second-order valence-electron chi connectivity index (χ2n) is 2.77. The second kappa shape index (κ2) is 3.26. The molecule has 0 amide bonds. The van der Waals surface area contributed by atoms with Gasteiger partial charge in [0, 0.05) is 11.7 Å². The maximum atomic E-state index is 3.12. The van der Waals surface area contributed by atoms with Crippen molar-refractivity contribution in [2.75, 3.05) is 0 Å². The highest BCUT2D eigenvalue weighted by molar-refractivity contribution is 5.78. The van der Waals surface area contributed by atoms with Gasteiger partial charge in [0.25, 0.3) is 0 Å². The van der Waals surface area contributed by atoms with Crippen LogP contribution in [-0.4, -0.2) is 4.98 Å². The number of rotatable bonds is 0. The van der Waals surface area contributed by atoms with Crippen LogP contribution >= 0.6 is 0 Å². The van der Waals surface area contributed by atoms with E-state index in [4.69, 9.17) is 0 Å². The molecule has 0 bridgehead atoms. The van der Waals surface area contributed by atoms with E-state index in [1.807, 2.05) is 18.3 Å². The van der Waals surface area contributed by atoms with Crippen LogP contribution in [0.1, 0.15) is 6.42 Å². The molecular formula is C11H11N. The monoisotopic (exact) mass is 157 g/mol. The van der Waals surface area contributed by atoms with E-state index in [0.717, 1.165) is 0 Å². The van der Waals surface area contributed by atoms with E-state index in [1.54, 1.807) is 0 Å². The Hall–Kier alpha value is -1.50. The van der Waals surface area contributed by atoms with Gasteiger partial charge in [-0.15, -0.1) is 0 Å². The molecule has 3 rings (SSSR count). The number of hydrogen-bond acceptors (Lipinski definition) is 0. The van der Waals surface area contributed by atoms with Crippen molar-refractivity contribution < 1.29 is 0 Å². The molecule has 1 nitrogen and oxygen atoms in total. The molecule has 0 spiro atoms. The standard InChI is InChI=1S/C8H7N.C3H4/c1-2-4-8-7(3-1)5-6-9-8;1-2-3-1/h1-6,9H;1-2H,3H2. The van der Waals surface area contributed by atoms with Gasteiger partial charge in [-0.2, -0.15) is 0 Å². The van der Waals surface area contributed by atoms with Crippen molar-refractivity contribution in [1.29, 1.82) is 0 Å². The molecule has 2 aromatic rings. The highest BCUT2D eigenvalue weighted by Gasteiger charge is 1.86. The van der Waals surface area contributed by atoms with E-state index in [1.165, 1.54) is 17.3 Å². The van der Waals surface area contributed by atoms with Crippen molar-refractivity contribution in [2.45, 2.75) is 6.42 Å². The number of nitrogens with one attached hydrogen (secondary N) is 1. The molecule has 0 unspecified atom stereocenters. The Bertz CT molecular complexity index is 350. The largest absolute Gasteiger partial charge is 0.361 e. The van der Waals surface area contributed by atoms with Crippen molar-refractivity contribution in [3.8, 4) is 0 Å². The zero-order chi connectivity index (χ0) is 8.23. The lowest BCUT2D eigenvalue weighted by Gasteiger charge is -1.83. The van der Waals surface area contributed by atoms with E-state index >= 15 is 0 Å². The quantitative estimate of drug-likeness (QED) is 0.565. The van der Waals surface area contributed by atoms with Gasteiger partial charge in [0.05, 0.1) is 0 Å². The summed E-state index contributed by atoms with van der Waals surface area (Å²) in [5.41, 5.74) is 1.21. The minimum absolute atomic E-state index is 1.21. The third-order valence-corrected chi connectivity index (χ3v) is 1.70. The molecule has 0 fully saturated rings. The molecule has 1 N–H and O–H groups in total. The maximum Gasteiger partial charge on any atom is 0.0453 e. The average Bonchev–Trinajstić information content (AvgIpc) is 2.91. The summed E-state index contributed by atoms with van der Waals surface area (Å²) in [6.45, 7) is 0. The van der Waals surface area contributed by atoms with Crippen molar-refractivity contribution in [3.05, 3.63) is 48.7 Å². The topological polar surface area (TPSA) is 15.8 Å². The molecule has 0 aliphatic heterocycles. The number of allylic oxidation sites excluding steroid dienone is 2. The first-order chi connectivity index (χ1) is 5.97. The molecule has 0 atom stereocenters. The summed E-state index contributed by atoms with van der Waals surface area (Å²) in [6, 6.07) is 10.3. The van der Waals surface area contributed by atoms with Crippen molar-refractivity contribution >= 4 is 10.9 Å². The fourth-order valence-corrected chi connectivity index (χ4v) is 0.995. The Balaban J connectivity index is 0.000000159. The van der Waals surface area contributed by atoms with E-state index in [2.05, 4.69) is 35.3 Å².